The Morgan fingerprint density at radius 3 is 1.26 bits per heavy atom. The maximum Gasteiger partial charge on any atom is 0.408 e. The molecular weight excluding hydrogens is 588 g/mol. The summed E-state index contributed by atoms with van der Waals surface area (Å²) in [5.41, 5.74) is 1.63. The van der Waals surface area contributed by atoms with Crippen molar-refractivity contribution < 1.29 is 33.8 Å². The van der Waals surface area contributed by atoms with Crippen LogP contribution < -0.4 is 21.3 Å². The second-order valence-electron chi connectivity index (χ2n) is 12.2. The number of amides is 4. The number of aliphatic hydroxyl groups excluding tert-OH is 1. The summed E-state index contributed by atoms with van der Waals surface area (Å²) in [6.07, 6.45) is -0.419. The Balaban J connectivity index is 2.06. The van der Waals surface area contributed by atoms with Gasteiger partial charge in [-0.15, -0.1) is 0 Å². The first-order valence-electron chi connectivity index (χ1n) is 16.2. The van der Waals surface area contributed by atoms with Gasteiger partial charge in [0.2, 0.25) is 11.8 Å². The molecule has 0 aromatic heterocycles. The van der Waals surface area contributed by atoms with Gasteiger partial charge in [-0.2, -0.15) is 0 Å². The lowest BCUT2D eigenvalue weighted by atomic mass is 9.94. The largest absolute Gasteiger partial charge is 0.445 e. The van der Waals surface area contributed by atoms with E-state index in [1.807, 2.05) is 74.5 Å². The van der Waals surface area contributed by atoms with Crippen LogP contribution in [0.15, 0.2) is 60.7 Å². The number of hydrogen-bond donors (Lipinski definition) is 5. The lowest BCUT2D eigenvalue weighted by Gasteiger charge is -2.34. The van der Waals surface area contributed by atoms with Crippen LogP contribution in [0.2, 0.25) is 0 Å². The van der Waals surface area contributed by atoms with Crippen molar-refractivity contribution in [1.82, 2.24) is 21.3 Å². The molecule has 11 heteroatoms. The molecule has 0 saturated heterocycles. The van der Waals surface area contributed by atoms with Crippen LogP contribution in [-0.2, 0) is 32.3 Å². The fourth-order valence-corrected chi connectivity index (χ4v) is 4.96. The molecule has 5 N–H and O–H groups in total. The Labute approximate surface area is 273 Å². The molecule has 0 fully saturated rings. The summed E-state index contributed by atoms with van der Waals surface area (Å²) in [6.45, 7) is 11.2. The van der Waals surface area contributed by atoms with E-state index in [1.165, 1.54) is 0 Å². The lowest BCUT2D eigenvalue weighted by Crippen LogP contribution is -2.60. The van der Waals surface area contributed by atoms with Crippen molar-refractivity contribution in [3.8, 4) is 0 Å². The number of benzene rings is 2. The Morgan fingerprint density at radius 1 is 0.609 bits per heavy atom. The van der Waals surface area contributed by atoms with Gasteiger partial charge in [-0.1, -0.05) is 115 Å². The van der Waals surface area contributed by atoms with Gasteiger partial charge in [0.1, 0.15) is 25.3 Å². The maximum absolute atomic E-state index is 13.4. The summed E-state index contributed by atoms with van der Waals surface area (Å²) in [6, 6.07) is 15.2. The third-order valence-electron chi connectivity index (χ3n) is 7.55. The first-order valence-corrected chi connectivity index (χ1v) is 16.2. The summed E-state index contributed by atoms with van der Waals surface area (Å²) in [5, 5.41) is 22.6. The molecule has 0 saturated carbocycles. The second kappa shape index (κ2) is 20.1. The highest BCUT2D eigenvalue weighted by atomic mass is 16.6. The fraction of sp³-hybridized carbons (Fsp3) is 0.543. The Hall–Kier alpha value is -4.12. The van der Waals surface area contributed by atoms with Crippen LogP contribution in [0.25, 0.3) is 0 Å². The topological polar surface area (TPSA) is 155 Å². The third-order valence-corrected chi connectivity index (χ3v) is 7.55. The molecule has 2 rings (SSSR count). The van der Waals surface area contributed by atoms with Gasteiger partial charge in [-0.25, -0.2) is 9.59 Å². The van der Waals surface area contributed by atoms with E-state index in [9.17, 15) is 24.3 Å². The summed E-state index contributed by atoms with van der Waals surface area (Å²) in [5.74, 6) is -1.47. The van der Waals surface area contributed by atoms with Crippen LogP contribution >= 0.6 is 0 Å². The average molecular weight is 641 g/mol. The van der Waals surface area contributed by atoms with Gasteiger partial charge in [0.15, 0.2) is 0 Å². The summed E-state index contributed by atoms with van der Waals surface area (Å²) >= 11 is 0. The smallest absolute Gasteiger partial charge is 0.408 e. The molecule has 0 aliphatic heterocycles. The molecule has 0 spiro atoms. The predicted molar refractivity (Wildman–Crippen MR) is 176 cm³/mol. The van der Waals surface area contributed by atoms with Gasteiger partial charge in [-0.3, -0.25) is 9.59 Å². The normalized spacial score (nSPS) is 14.4. The summed E-state index contributed by atoms with van der Waals surface area (Å²) < 4.78 is 10.6. The van der Waals surface area contributed by atoms with Crippen LogP contribution in [0.1, 0.15) is 78.4 Å². The predicted octanol–water partition coefficient (Wildman–Crippen LogP) is 4.82. The molecule has 46 heavy (non-hydrogen) atoms. The van der Waals surface area contributed by atoms with E-state index in [1.54, 1.807) is 27.7 Å². The van der Waals surface area contributed by atoms with Crippen LogP contribution in [0.5, 0.6) is 0 Å². The Kier molecular flexibility index (Phi) is 16.6. The van der Waals surface area contributed by atoms with Crippen molar-refractivity contribution in [2.45, 2.75) is 111 Å². The third kappa shape index (κ3) is 13.1. The minimum atomic E-state index is -1.14. The number of alkyl carbamates (subject to hydrolysis) is 2. The average Bonchev–Trinajstić information content (AvgIpc) is 3.04. The highest BCUT2D eigenvalue weighted by molar-refractivity contribution is 5.87. The fourth-order valence-electron chi connectivity index (χ4n) is 4.96. The number of ether oxygens (including phenoxy) is 2. The molecule has 254 valence electrons. The second-order valence-corrected chi connectivity index (χ2v) is 12.2. The van der Waals surface area contributed by atoms with E-state index >= 15 is 0 Å². The Bertz CT molecular complexity index is 1120. The molecule has 0 aliphatic carbocycles. The first kappa shape index (κ1) is 38.1. The molecule has 0 aliphatic rings. The van der Waals surface area contributed by atoms with Crippen LogP contribution in [0.3, 0.4) is 0 Å². The minimum absolute atomic E-state index is 0.0612. The molecule has 0 bridgehead atoms. The van der Waals surface area contributed by atoms with Gasteiger partial charge in [-0.05, 0) is 35.8 Å². The summed E-state index contributed by atoms with van der Waals surface area (Å²) in [7, 11) is 0. The van der Waals surface area contributed by atoms with Gasteiger partial charge >= 0.3 is 12.2 Å². The van der Waals surface area contributed by atoms with Crippen LogP contribution in [-0.4, -0.2) is 59.4 Å². The molecule has 11 nitrogen and oxygen atoms in total. The van der Waals surface area contributed by atoms with Crippen LogP contribution in [0.4, 0.5) is 9.59 Å². The SMILES string of the molecule is CCCC(NC(=O)[C@@H](NC(=O)OCc1ccccc1)C(C)C)C(O)C(CCC)NC(=O)[C@@H](NC(=O)OCc1ccccc1)C(C)C. The van der Waals surface area contributed by atoms with Gasteiger partial charge < -0.3 is 35.8 Å². The molecule has 2 unspecified atom stereocenters. The van der Waals surface area contributed by atoms with Crippen molar-refractivity contribution in [2.24, 2.45) is 11.8 Å². The monoisotopic (exact) mass is 640 g/mol. The number of carbonyl (C=O) groups excluding carboxylic acids is 4. The zero-order valence-corrected chi connectivity index (χ0v) is 28.0. The van der Waals surface area contributed by atoms with Crippen molar-refractivity contribution >= 4 is 24.0 Å². The Morgan fingerprint density at radius 2 is 0.957 bits per heavy atom. The van der Waals surface area contributed by atoms with Crippen molar-refractivity contribution in [3.05, 3.63) is 71.8 Å². The minimum Gasteiger partial charge on any atom is -0.445 e. The molecular formula is C35H52N4O7. The zero-order chi connectivity index (χ0) is 34.1. The van der Waals surface area contributed by atoms with E-state index in [2.05, 4.69) is 21.3 Å². The highest BCUT2D eigenvalue weighted by Crippen LogP contribution is 2.15. The number of hydrogen-bond acceptors (Lipinski definition) is 7. The molecule has 4 amide bonds. The van der Waals surface area contributed by atoms with Gasteiger partial charge in [0.05, 0.1) is 18.2 Å². The number of carbonyl (C=O) groups is 4. The first-order chi connectivity index (χ1) is 22.0. The molecule has 0 radical (unpaired) electrons. The molecule has 2 aromatic rings. The van der Waals surface area contributed by atoms with Gasteiger partial charge in [0, 0.05) is 0 Å². The molecule has 4 atom stereocenters. The number of nitrogens with one attached hydrogen (secondary N) is 4. The van der Waals surface area contributed by atoms with E-state index in [-0.39, 0.29) is 25.0 Å². The standard InChI is InChI=1S/C35H52N4O7/c1-7-15-27(36-32(41)29(23(3)4)38-34(43)45-21-25-17-11-9-12-18-25)31(40)28(16-8-2)37-33(42)30(24(5)6)39-35(44)46-22-26-19-13-10-14-20-26/h9-14,17-20,23-24,27-31,40H,7-8,15-16,21-22H2,1-6H3,(H,36,41)(H,37,42)(H,38,43)(H,39,44)/t27?,28?,29-,30-,31?/m0/s1. The highest BCUT2D eigenvalue weighted by Gasteiger charge is 2.34. The van der Waals surface area contributed by atoms with Crippen molar-refractivity contribution in [1.29, 1.82) is 0 Å². The number of aliphatic hydroxyl groups is 1. The maximum atomic E-state index is 13.4. The summed E-state index contributed by atoms with van der Waals surface area (Å²) in [4.78, 5) is 52.0. The van der Waals surface area contributed by atoms with E-state index in [0.717, 1.165) is 11.1 Å². The molecule has 2 aromatic carbocycles. The number of rotatable bonds is 18. The van der Waals surface area contributed by atoms with E-state index < -0.39 is 54.3 Å². The van der Waals surface area contributed by atoms with Crippen molar-refractivity contribution in [3.63, 3.8) is 0 Å². The quantitative estimate of drug-likeness (QED) is 0.157. The van der Waals surface area contributed by atoms with Crippen LogP contribution in [0, 0.1) is 11.8 Å². The van der Waals surface area contributed by atoms with E-state index in [0.29, 0.717) is 25.7 Å². The van der Waals surface area contributed by atoms with Crippen molar-refractivity contribution in [2.75, 3.05) is 0 Å². The van der Waals surface area contributed by atoms with Gasteiger partial charge in [0.25, 0.3) is 0 Å². The zero-order valence-electron chi connectivity index (χ0n) is 28.0. The van der Waals surface area contributed by atoms with E-state index in [4.69, 9.17) is 9.47 Å². The lowest BCUT2D eigenvalue weighted by molar-refractivity contribution is -0.127. The molecule has 0 heterocycles.